The number of nitrogens with one attached hydrogen (secondary N) is 1. The summed E-state index contributed by atoms with van der Waals surface area (Å²) >= 11 is 0. The standard InChI is InChI=1S/C26H24N2O6/c1-32-26(31)19-7-5-6-18(14-19)16-28-22-15-20(10-11-23(22)34-17-25(28)30)27-24(29)12-13-33-21-8-3-2-4-9-21/h2-11,14-15H,12-13,16-17H2,1H3,(H,27,29). The number of hydrogen-bond acceptors (Lipinski definition) is 6. The van der Waals surface area contributed by atoms with Crippen LogP contribution in [0.25, 0.3) is 0 Å². The van der Waals surface area contributed by atoms with Gasteiger partial charge in [0, 0.05) is 5.69 Å². The Kier molecular flexibility index (Phi) is 7.07. The summed E-state index contributed by atoms with van der Waals surface area (Å²) < 4.78 is 15.9. The SMILES string of the molecule is COC(=O)c1cccc(CN2C(=O)COc3ccc(NC(=O)CCOc4ccccc4)cc32)c1. The molecule has 1 heterocycles. The zero-order chi connectivity index (χ0) is 23.9. The number of rotatable bonds is 8. The van der Waals surface area contributed by atoms with Crippen LogP contribution in [0.5, 0.6) is 11.5 Å². The van der Waals surface area contributed by atoms with E-state index in [-0.39, 0.29) is 38.0 Å². The molecule has 174 valence electrons. The van der Waals surface area contributed by atoms with E-state index in [0.717, 1.165) is 5.56 Å². The fourth-order valence-corrected chi connectivity index (χ4v) is 3.55. The van der Waals surface area contributed by atoms with E-state index < -0.39 is 5.97 Å². The van der Waals surface area contributed by atoms with Gasteiger partial charge >= 0.3 is 5.97 Å². The lowest BCUT2D eigenvalue weighted by Gasteiger charge is -2.30. The van der Waals surface area contributed by atoms with E-state index in [4.69, 9.17) is 14.2 Å². The molecule has 1 N–H and O–H groups in total. The summed E-state index contributed by atoms with van der Waals surface area (Å²) in [6.45, 7) is 0.389. The largest absolute Gasteiger partial charge is 0.493 e. The molecule has 0 fully saturated rings. The second kappa shape index (κ2) is 10.5. The van der Waals surface area contributed by atoms with Gasteiger partial charge in [0.2, 0.25) is 5.91 Å². The van der Waals surface area contributed by atoms with Crippen molar-refractivity contribution in [3.05, 3.63) is 83.9 Å². The summed E-state index contributed by atoms with van der Waals surface area (Å²) in [6, 6.07) is 21.3. The van der Waals surface area contributed by atoms with Crippen LogP contribution in [0.3, 0.4) is 0 Å². The normalized spacial score (nSPS) is 12.4. The summed E-state index contributed by atoms with van der Waals surface area (Å²) in [7, 11) is 1.32. The average molecular weight is 460 g/mol. The molecule has 4 rings (SSSR count). The van der Waals surface area contributed by atoms with Crippen LogP contribution in [0.1, 0.15) is 22.3 Å². The summed E-state index contributed by atoms with van der Waals surface area (Å²) in [5.74, 6) is 0.351. The molecule has 1 aliphatic rings. The number of carbonyl (C=O) groups is 3. The molecule has 0 saturated heterocycles. The van der Waals surface area contributed by atoms with Crippen molar-refractivity contribution >= 4 is 29.2 Å². The maximum Gasteiger partial charge on any atom is 0.337 e. The number of ether oxygens (including phenoxy) is 3. The van der Waals surface area contributed by atoms with Crippen LogP contribution in [0.2, 0.25) is 0 Å². The number of anilines is 2. The van der Waals surface area contributed by atoms with Gasteiger partial charge in [-0.25, -0.2) is 4.79 Å². The van der Waals surface area contributed by atoms with E-state index in [0.29, 0.717) is 28.4 Å². The number of amides is 2. The van der Waals surface area contributed by atoms with Gasteiger partial charge in [-0.05, 0) is 48.0 Å². The smallest absolute Gasteiger partial charge is 0.337 e. The quantitative estimate of drug-likeness (QED) is 0.514. The van der Waals surface area contributed by atoms with Crippen molar-refractivity contribution in [3.8, 4) is 11.5 Å². The molecule has 1 aliphatic heterocycles. The number of hydrogen-bond donors (Lipinski definition) is 1. The summed E-state index contributed by atoms with van der Waals surface area (Å²) in [5.41, 5.74) is 2.24. The molecule has 2 amide bonds. The van der Waals surface area contributed by atoms with Crippen LogP contribution in [0.4, 0.5) is 11.4 Å². The lowest BCUT2D eigenvalue weighted by atomic mass is 10.1. The van der Waals surface area contributed by atoms with Crippen molar-refractivity contribution in [3.63, 3.8) is 0 Å². The lowest BCUT2D eigenvalue weighted by Crippen LogP contribution is -2.38. The number of methoxy groups -OCH3 is 1. The Hall–Kier alpha value is -4.33. The van der Waals surface area contributed by atoms with E-state index in [2.05, 4.69) is 5.32 Å². The zero-order valence-corrected chi connectivity index (χ0v) is 18.7. The highest BCUT2D eigenvalue weighted by Gasteiger charge is 2.26. The Morgan fingerprint density at radius 3 is 2.65 bits per heavy atom. The fraction of sp³-hybridized carbons (Fsp3) is 0.192. The predicted octanol–water partition coefficient (Wildman–Crippen LogP) is 3.81. The minimum absolute atomic E-state index is 0.0910. The second-order valence-electron chi connectivity index (χ2n) is 7.60. The van der Waals surface area contributed by atoms with Crippen molar-refractivity contribution in [2.24, 2.45) is 0 Å². The summed E-state index contributed by atoms with van der Waals surface area (Å²) in [5, 5.41) is 2.84. The van der Waals surface area contributed by atoms with Crippen molar-refractivity contribution in [1.82, 2.24) is 0 Å². The number of para-hydroxylation sites is 1. The first-order valence-electron chi connectivity index (χ1n) is 10.8. The highest BCUT2D eigenvalue weighted by molar-refractivity contribution is 5.99. The first kappa shape index (κ1) is 22.8. The molecular weight excluding hydrogens is 436 g/mol. The van der Waals surface area contributed by atoms with Crippen molar-refractivity contribution in [2.75, 3.05) is 30.5 Å². The van der Waals surface area contributed by atoms with Gasteiger partial charge in [0.05, 0.1) is 37.9 Å². The van der Waals surface area contributed by atoms with E-state index in [1.165, 1.54) is 7.11 Å². The van der Waals surface area contributed by atoms with E-state index in [1.54, 1.807) is 41.3 Å². The molecule has 0 bridgehead atoms. The van der Waals surface area contributed by atoms with Gasteiger partial charge in [0.1, 0.15) is 11.5 Å². The summed E-state index contributed by atoms with van der Waals surface area (Å²) in [4.78, 5) is 38.5. The highest BCUT2D eigenvalue weighted by atomic mass is 16.5. The van der Waals surface area contributed by atoms with Crippen molar-refractivity contribution < 1.29 is 28.6 Å². The zero-order valence-electron chi connectivity index (χ0n) is 18.7. The van der Waals surface area contributed by atoms with Gasteiger partial charge in [-0.1, -0.05) is 30.3 Å². The number of esters is 1. The third kappa shape index (κ3) is 5.53. The molecular formula is C26H24N2O6. The highest BCUT2D eigenvalue weighted by Crippen LogP contribution is 2.35. The molecule has 8 nitrogen and oxygen atoms in total. The van der Waals surface area contributed by atoms with Gasteiger partial charge in [0.25, 0.3) is 5.91 Å². The molecule has 0 spiro atoms. The van der Waals surface area contributed by atoms with Gasteiger partial charge in [-0.15, -0.1) is 0 Å². The van der Waals surface area contributed by atoms with E-state index in [9.17, 15) is 14.4 Å². The van der Waals surface area contributed by atoms with Crippen LogP contribution >= 0.6 is 0 Å². The Bertz CT molecular complexity index is 1190. The Morgan fingerprint density at radius 1 is 1.03 bits per heavy atom. The average Bonchev–Trinajstić information content (AvgIpc) is 2.86. The second-order valence-corrected chi connectivity index (χ2v) is 7.60. The molecule has 34 heavy (non-hydrogen) atoms. The number of fused-ring (bicyclic) bond motifs is 1. The van der Waals surface area contributed by atoms with Gasteiger partial charge in [-0.2, -0.15) is 0 Å². The minimum atomic E-state index is -0.447. The molecule has 0 atom stereocenters. The topological polar surface area (TPSA) is 94.2 Å². The van der Waals surface area contributed by atoms with Gasteiger partial charge < -0.3 is 24.4 Å². The molecule has 8 heteroatoms. The van der Waals surface area contributed by atoms with Crippen LogP contribution < -0.4 is 19.7 Å². The maximum atomic E-state index is 12.7. The molecule has 0 aromatic heterocycles. The Morgan fingerprint density at radius 2 is 1.85 bits per heavy atom. The van der Waals surface area contributed by atoms with Gasteiger partial charge in [0.15, 0.2) is 6.61 Å². The Labute approximate surface area is 197 Å². The van der Waals surface area contributed by atoms with E-state index >= 15 is 0 Å². The summed E-state index contributed by atoms with van der Waals surface area (Å²) in [6.07, 6.45) is 0.172. The lowest BCUT2D eigenvalue weighted by molar-refractivity contribution is -0.121. The molecule has 0 unspecified atom stereocenters. The molecule has 0 aliphatic carbocycles. The number of nitrogens with zero attached hydrogens (tertiary/aromatic N) is 1. The molecule has 0 radical (unpaired) electrons. The monoisotopic (exact) mass is 460 g/mol. The van der Waals surface area contributed by atoms with Crippen molar-refractivity contribution in [1.29, 1.82) is 0 Å². The molecule has 0 saturated carbocycles. The molecule has 3 aromatic rings. The molecule has 3 aromatic carbocycles. The number of carbonyl (C=O) groups excluding carboxylic acids is 3. The third-order valence-electron chi connectivity index (χ3n) is 5.22. The predicted molar refractivity (Wildman–Crippen MR) is 126 cm³/mol. The van der Waals surface area contributed by atoms with E-state index in [1.807, 2.05) is 36.4 Å². The Balaban J connectivity index is 1.44. The van der Waals surface area contributed by atoms with Gasteiger partial charge in [-0.3, -0.25) is 9.59 Å². The van der Waals surface area contributed by atoms with Crippen LogP contribution in [-0.2, 0) is 20.9 Å². The first-order valence-corrected chi connectivity index (χ1v) is 10.8. The van der Waals surface area contributed by atoms with Crippen LogP contribution in [-0.4, -0.2) is 38.1 Å². The third-order valence-corrected chi connectivity index (χ3v) is 5.22. The minimum Gasteiger partial charge on any atom is -0.493 e. The van der Waals surface area contributed by atoms with Crippen LogP contribution in [0, 0.1) is 0 Å². The van der Waals surface area contributed by atoms with Crippen molar-refractivity contribution in [2.45, 2.75) is 13.0 Å². The fourth-order valence-electron chi connectivity index (χ4n) is 3.55. The van der Waals surface area contributed by atoms with Crippen LogP contribution in [0.15, 0.2) is 72.8 Å². The first-order chi connectivity index (χ1) is 16.5. The number of benzene rings is 3. The maximum absolute atomic E-state index is 12.7.